The smallest absolute Gasteiger partial charge is 0.336 e. The van der Waals surface area contributed by atoms with E-state index in [2.05, 4.69) is 25.7 Å². The van der Waals surface area contributed by atoms with Gasteiger partial charge in [0, 0.05) is 0 Å². The Bertz CT molecular complexity index is 259. The third kappa shape index (κ3) is 1.65. The Morgan fingerprint density at radius 2 is 2.45 bits per heavy atom. The lowest BCUT2D eigenvalue weighted by Crippen LogP contribution is -2.04. The van der Waals surface area contributed by atoms with Gasteiger partial charge in [-0.25, -0.2) is 9.79 Å². The highest BCUT2D eigenvalue weighted by atomic mass is 79.9. The van der Waals surface area contributed by atoms with Gasteiger partial charge in [-0.1, -0.05) is 0 Å². The Balaban J connectivity index is 2.79. The molecule has 1 aliphatic heterocycles. The van der Waals surface area contributed by atoms with E-state index in [1.54, 1.807) is 0 Å². The predicted molar refractivity (Wildman–Crippen MR) is 41.1 cm³/mol. The molecule has 0 aromatic carbocycles. The zero-order chi connectivity index (χ0) is 8.43. The van der Waals surface area contributed by atoms with Crippen LogP contribution in [0.2, 0.25) is 0 Å². The maximum absolute atomic E-state index is 12.4. The fourth-order valence-corrected chi connectivity index (χ4v) is 1.21. The lowest BCUT2D eigenvalue weighted by molar-refractivity contribution is -0.136. The van der Waals surface area contributed by atoms with E-state index >= 15 is 0 Å². The molecule has 0 radical (unpaired) electrons. The van der Waals surface area contributed by atoms with Crippen molar-refractivity contribution in [3.8, 4) is 0 Å². The molecule has 0 aliphatic carbocycles. The van der Waals surface area contributed by atoms with Crippen LogP contribution in [-0.2, 0) is 9.53 Å². The number of methoxy groups -OCH3 is 1. The summed E-state index contributed by atoms with van der Waals surface area (Å²) in [6.07, 6.45) is -0.0761. The Hall–Kier alpha value is -0.710. The van der Waals surface area contributed by atoms with Crippen molar-refractivity contribution in [2.45, 2.75) is 6.42 Å². The summed E-state index contributed by atoms with van der Waals surface area (Å²) in [7, 11) is 1.24. The van der Waals surface area contributed by atoms with Gasteiger partial charge in [0.1, 0.15) is 4.61 Å². The first-order valence-corrected chi connectivity index (χ1v) is 3.64. The number of hydrogen-bond acceptors (Lipinski definition) is 3. The molecule has 0 amide bonds. The number of carbonyl (C=O) groups excluding carboxylic acids is 1. The zero-order valence-electron chi connectivity index (χ0n) is 5.73. The van der Waals surface area contributed by atoms with Crippen molar-refractivity contribution in [3.63, 3.8) is 0 Å². The molecule has 11 heavy (non-hydrogen) atoms. The standard InChI is InChI=1S/C6H5BrFNO2/c1-11-6(10)3-2-4(8)9-5(3)7/h2H2,1H3. The van der Waals surface area contributed by atoms with Crippen molar-refractivity contribution in [1.82, 2.24) is 0 Å². The van der Waals surface area contributed by atoms with Crippen molar-refractivity contribution in [1.29, 1.82) is 0 Å². The third-order valence-electron chi connectivity index (χ3n) is 1.22. The van der Waals surface area contributed by atoms with Gasteiger partial charge >= 0.3 is 5.97 Å². The van der Waals surface area contributed by atoms with Crippen LogP contribution in [0.25, 0.3) is 0 Å². The van der Waals surface area contributed by atoms with Crippen LogP contribution < -0.4 is 0 Å². The van der Waals surface area contributed by atoms with Crippen molar-refractivity contribution < 1.29 is 13.9 Å². The monoisotopic (exact) mass is 221 g/mol. The van der Waals surface area contributed by atoms with E-state index in [0.29, 0.717) is 0 Å². The minimum Gasteiger partial charge on any atom is -0.466 e. The maximum atomic E-state index is 12.4. The van der Waals surface area contributed by atoms with Crippen LogP contribution in [0.1, 0.15) is 6.42 Å². The second-order valence-electron chi connectivity index (χ2n) is 1.93. The number of ether oxygens (including phenoxy) is 1. The number of esters is 1. The van der Waals surface area contributed by atoms with E-state index in [4.69, 9.17) is 0 Å². The van der Waals surface area contributed by atoms with E-state index in [1.165, 1.54) is 7.11 Å². The Kier molecular flexibility index (Phi) is 2.38. The summed E-state index contributed by atoms with van der Waals surface area (Å²) >= 11 is 2.94. The third-order valence-corrected chi connectivity index (χ3v) is 1.88. The second kappa shape index (κ2) is 3.13. The molecular formula is C6H5BrFNO2. The Labute approximate surface area is 71.1 Å². The van der Waals surface area contributed by atoms with Crippen LogP contribution >= 0.6 is 15.9 Å². The van der Waals surface area contributed by atoms with E-state index in [-0.39, 0.29) is 16.6 Å². The Morgan fingerprint density at radius 1 is 1.82 bits per heavy atom. The van der Waals surface area contributed by atoms with Gasteiger partial charge in [-0.05, 0) is 15.9 Å². The molecule has 1 heterocycles. The topological polar surface area (TPSA) is 38.7 Å². The molecule has 0 saturated heterocycles. The van der Waals surface area contributed by atoms with Crippen molar-refractivity contribution >= 4 is 27.9 Å². The van der Waals surface area contributed by atoms with Crippen LogP contribution in [0.15, 0.2) is 15.2 Å². The first kappa shape index (κ1) is 8.39. The predicted octanol–water partition coefficient (Wildman–Crippen LogP) is 1.54. The summed E-state index contributed by atoms with van der Waals surface area (Å²) in [5.41, 5.74) is 0.227. The lowest BCUT2D eigenvalue weighted by atomic mass is 10.2. The largest absolute Gasteiger partial charge is 0.466 e. The van der Waals surface area contributed by atoms with Crippen molar-refractivity contribution in [2.75, 3.05) is 7.11 Å². The van der Waals surface area contributed by atoms with Gasteiger partial charge in [-0.15, -0.1) is 0 Å². The average Bonchev–Trinajstić information content (AvgIpc) is 2.28. The summed E-state index contributed by atoms with van der Waals surface area (Å²) < 4.78 is 17.0. The maximum Gasteiger partial charge on any atom is 0.336 e. The van der Waals surface area contributed by atoms with Gasteiger partial charge in [0.2, 0.25) is 0 Å². The quantitative estimate of drug-likeness (QED) is 0.498. The molecule has 0 atom stereocenters. The highest BCUT2D eigenvalue weighted by Gasteiger charge is 2.22. The van der Waals surface area contributed by atoms with Crippen LogP contribution in [0, 0.1) is 0 Å². The first-order chi connectivity index (χ1) is 5.15. The molecule has 1 rings (SSSR count). The summed E-state index contributed by atoms with van der Waals surface area (Å²) in [6, 6.07) is 0. The van der Waals surface area contributed by atoms with Gasteiger partial charge in [-0.3, -0.25) is 0 Å². The summed E-state index contributed by atoms with van der Waals surface area (Å²) in [5, 5.41) is 0. The molecule has 0 aromatic rings. The van der Waals surface area contributed by atoms with Gasteiger partial charge < -0.3 is 4.74 Å². The highest BCUT2D eigenvalue weighted by molar-refractivity contribution is 9.11. The summed E-state index contributed by atoms with van der Waals surface area (Å²) in [5.74, 6) is -1.12. The molecule has 1 aliphatic rings. The van der Waals surface area contributed by atoms with Gasteiger partial charge in [0.05, 0.1) is 19.1 Å². The Morgan fingerprint density at radius 3 is 2.82 bits per heavy atom. The van der Waals surface area contributed by atoms with E-state index in [1.807, 2.05) is 0 Å². The highest BCUT2D eigenvalue weighted by Crippen LogP contribution is 2.25. The fraction of sp³-hybridized carbons (Fsp3) is 0.333. The van der Waals surface area contributed by atoms with Gasteiger partial charge in [-0.2, -0.15) is 4.39 Å². The van der Waals surface area contributed by atoms with E-state index < -0.39 is 11.9 Å². The summed E-state index contributed by atoms with van der Waals surface area (Å²) in [6.45, 7) is 0. The first-order valence-electron chi connectivity index (χ1n) is 2.85. The van der Waals surface area contributed by atoms with Crippen LogP contribution in [-0.4, -0.2) is 19.0 Å². The molecule has 60 valence electrons. The SMILES string of the molecule is COC(=O)C1=C(Br)N=C(F)C1. The molecule has 0 N–H and O–H groups in total. The number of aliphatic imine (C=N–C) groups is 1. The number of nitrogens with zero attached hydrogens (tertiary/aromatic N) is 1. The number of halogens is 2. The molecule has 0 spiro atoms. The minimum atomic E-state index is -0.572. The van der Waals surface area contributed by atoms with Crippen molar-refractivity contribution in [2.24, 2.45) is 4.99 Å². The fourth-order valence-electron chi connectivity index (χ4n) is 0.712. The van der Waals surface area contributed by atoms with Gasteiger partial charge in [0.15, 0.2) is 5.97 Å². The molecule has 3 nitrogen and oxygen atoms in total. The van der Waals surface area contributed by atoms with E-state index in [0.717, 1.165) is 0 Å². The molecule has 0 bridgehead atoms. The molecule has 0 unspecified atom stereocenters. The van der Waals surface area contributed by atoms with Crippen LogP contribution in [0.3, 0.4) is 0 Å². The molecular weight excluding hydrogens is 217 g/mol. The lowest BCUT2D eigenvalue weighted by Gasteiger charge is -1.96. The second-order valence-corrected chi connectivity index (χ2v) is 2.68. The van der Waals surface area contributed by atoms with E-state index in [9.17, 15) is 9.18 Å². The zero-order valence-corrected chi connectivity index (χ0v) is 7.31. The average molecular weight is 222 g/mol. The summed E-state index contributed by atoms with van der Waals surface area (Å²) in [4.78, 5) is 14.2. The number of rotatable bonds is 1. The minimum absolute atomic E-state index is 0.0761. The molecule has 0 saturated carbocycles. The molecule has 0 aromatic heterocycles. The number of carbonyl (C=O) groups is 1. The molecule has 0 fully saturated rings. The number of hydrogen-bond donors (Lipinski definition) is 0. The van der Waals surface area contributed by atoms with Crippen LogP contribution in [0.4, 0.5) is 4.39 Å². The van der Waals surface area contributed by atoms with Gasteiger partial charge in [0.25, 0.3) is 0 Å². The normalized spacial score (nSPS) is 16.8. The van der Waals surface area contributed by atoms with Crippen LogP contribution in [0.5, 0.6) is 0 Å². The van der Waals surface area contributed by atoms with Crippen molar-refractivity contribution in [3.05, 3.63) is 10.2 Å². The molecule has 5 heteroatoms.